The third-order valence-corrected chi connectivity index (χ3v) is 2.87. The highest BCUT2D eigenvalue weighted by Crippen LogP contribution is 2.23. The van der Waals surface area contributed by atoms with Crippen molar-refractivity contribution in [3.8, 4) is 11.5 Å². The van der Waals surface area contributed by atoms with Crippen molar-refractivity contribution in [3.63, 3.8) is 0 Å². The Balaban J connectivity index is 2.01. The Morgan fingerprint density at radius 2 is 1.79 bits per heavy atom. The smallest absolute Gasteiger partial charge is 0.411 e. The second kappa shape index (κ2) is 7.96. The minimum atomic E-state index is -0.511. The SMILES string of the molecule is CNC(=O)c1cc(Oc2ccc(NC(=O)OC(C)C)cc2)ccn1. The lowest BCUT2D eigenvalue weighted by atomic mass is 10.3. The number of carbonyl (C=O) groups excluding carboxylic acids is 2. The molecule has 0 unspecified atom stereocenters. The van der Waals surface area contributed by atoms with E-state index >= 15 is 0 Å². The van der Waals surface area contributed by atoms with E-state index in [0.717, 1.165) is 0 Å². The van der Waals surface area contributed by atoms with E-state index in [0.29, 0.717) is 17.2 Å². The Hall–Kier alpha value is -3.09. The summed E-state index contributed by atoms with van der Waals surface area (Å²) in [6, 6.07) is 9.98. The molecule has 1 aromatic heterocycles. The highest BCUT2D eigenvalue weighted by molar-refractivity contribution is 5.92. The average molecular weight is 329 g/mol. The lowest BCUT2D eigenvalue weighted by Crippen LogP contribution is -2.18. The summed E-state index contributed by atoms with van der Waals surface area (Å²) in [5, 5.41) is 5.12. The van der Waals surface area contributed by atoms with E-state index in [1.165, 1.54) is 13.2 Å². The van der Waals surface area contributed by atoms with E-state index in [1.54, 1.807) is 50.2 Å². The Bertz CT molecular complexity index is 714. The van der Waals surface area contributed by atoms with Gasteiger partial charge in [0.25, 0.3) is 5.91 Å². The summed E-state index contributed by atoms with van der Waals surface area (Å²) >= 11 is 0. The Kier molecular flexibility index (Phi) is 5.73. The van der Waals surface area contributed by atoms with Crippen LogP contribution in [0.5, 0.6) is 11.5 Å². The van der Waals surface area contributed by atoms with E-state index < -0.39 is 6.09 Å². The molecule has 0 aliphatic rings. The number of pyridine rings is 1. The van der Waals surface area contributed by atoms with Crippen LogP contribution in [-0.4, -0.2) is 30.1 Å². The Morgan fingerprint density at radius 3 is 2.42 bits per heavy atom. The number of nitrogens with zero attached hydrogens (tertiary/aromatic N) is 1. The number of benzene rings is 1. The van der Waals surface area contributed by atoms with Crippen LogP contribution in [0.25, 0.3) is 0 Å². The van der Waals surface area contributed by atoms with Gasteiger partial charge < -0.3 is 14.8 Å². The van der Waals surface area contributed by atoms with Crippen LogP contribution in [0.4, 0.5) is 10.5 Å². The molecule has 126 valence electrons. The molecule has 0 aliphatic heterocycles. The van der Waals surface area contributed by atoms with Crippen molar-refractivity contribution in [2.24, 2.45) is 0 Å². The molecule has 0 spiro atoms. The number of nitrogens with one attached hydrogen (secondary N) is 2. The summed E-state index contributed by atoms with van der Waals surface area (Å²) in [7, 11) is 1.54. The molecule has 0 aliphatic carbocycles. The summed E-state index contributed by atoms with van der Waals surface area (Å²) in [5.41, 5.74) is 0.860. The third kappa shape index (κ3) is 4.98. The van der Waals surface area contributed by atoms with Crippen molar-refractivity contribution in [3.05, 3.63) is 48.3 Å². The number of aromatic nitrogens is 1. The predicted octanol–water partition coefficient (Wildman–Crippen LogP) is 3.19. The molecule has 24 heavy (non-hydrogen) atoms. The van der Waals surface area contributed by atoms with Crippen molar-refractivity contribution >= 4 is 17.7 Å². The van der Waals surface area contributed by atoms with Crippen LogP contribution in [0.2, 0.25) is 0 Å². The Labute approximate surface area is 140 Å². The van der Waals surface area contributed by atoms with Gasteiger partial charge in [-0.2, -0.15) is 0 Å². The third-order valence-electron chi connectivity index (χ3n) is 2.87. The molecule has 0 atom stereocenters. The molecule has 7 nitrogen and oxygen atoms in total. The fourth-order valence-electron chi connectivity index (χ4n) is 1.83. The monoisotopic (exact) mass is 329 g/mol. The van der Waals surface area contributed by atoms with Crippen LogP contribution < -0.4 is 15.4 Å². The number of ether oxygens (including phenoxy) is 2. The first-order valence-corrected chi connectivity index (χ1v) is 7.41. The van der Waals surface area contributed by atoms with Crippen LogP contribution in [0, 0.1) is 0 Å². The lowest BCUT2D eigenvalue weighted by Gasteiger charge is -2.10. The van der Waals surface area contributed by atoms with Crippen molar-refractivity contribution in [1.29, 1.82) is 0 Å². The molecule has 0 saturated heterocycles. The fourth-order valence-corrected chi connectivity index (χ4v) is 1.83. The van der Waals surface area contributed by atoms with Crippen LogP contribution in [-0.2, 0) is 4.74 Å². The molecule has 1 aromatic carbocycles. The molecule has 0 radical (unpaired) electrons. The zero-order chi connectivity index (χ0) is 17.5. The number of hydrogen-bond donors (Lipinski definition) is 2. The van der Waals surface area contributed by atoms with Gasteiger partial charge in [-0.25, -0.2) is 4.79 Å². The summed E-state index contributed by atoms with van der Waals surface area (Å²) in [6.07, 6.45) is 0.800. The van der Waals surface area contributed by atoms with E-state index in [2.05, 4.69) is 15.6 Å². The van der Waals surface area contributed by atoms with Gasteiger partial charge in [0.15, 0.2) is 0 Å². The zero-order valence-corrected chi connectivity index (χ0v) is 13.7. The number of amides is 2. The van der Waals surface area contributed by atoms with E-state index in [9.17, 15) is 9.59 Å². The highest BCUT2D eigenvalue weighted by atomic mass is 16.6. The summed E-state index contributed by atoms with van der Waals surface area (Å²) < 4.78 is 10.7. The largest absolute Gasteiger partial charge is 0.457 e. The molecular formula is C17H19N3O4. The molecule has 2 N–H and O–H groups in total. The summed E-state index contributed by atoms with van der Waals surface area (Å²) in [6.45, 7) is 3.55. The number of rotatable bonds is 5. The normalized spacial score (nSPS) is 10.2. The second-order valence-corrected chi connectivity index (χ2v) is 5.16. The van der Waals surface area contributed by atoms with Gasteiger partial charge in [0.1, 0.15) is 17.2 Å². The Morgan fingerprint density at radius 1 is 1.08 bits per heavy atom. The molecule has 7 heteroatoms. The molecule has 1 heterocycles. The van der Waals surface area contributed by atoms with Crippen LogP contribution >= 0.6 is 0 Å². The van der Waals surface area contributed by atoms with Gasteiger partial charge in [-0.1, -0.05) is 0 Å². The van der Waals surface area contributed by atoms with Crippen LogP contribution in [0.3, 0.4) is 0 Å². The highest BCUT2D eigenvalue weighted by Gasteiger charge is 2.08. The van der Waals surface area contributed by atoms with Crippen LogP contribution in [0.1, 0.15) is 24.3 Å². The molecule has 2 amide bonds. The first-order valence-electron chi connectivity index (χ1n) is 7.41. The molecule has 0 saturated carbocycles. The van der Waals surface area contributed by atoms with Gasteiger partial charge in [0, 0.05) is 25.0 Å². The molecule has 0 fully saturated rings. The first kappa shape index (κ1) is 17.3. The van der Waals surface area contributed by atoms with Crippen molar-refractivity contribution in [1.82, 2.24) is 10.3 Å². The maximum atomic E-state index is 11.6. The van der Waals surface area contributed by atoms with Gasteiger partial charge >= 0.3 is 6.09 Å². The van der Waals surface area contributed by atoms with E-state index in [-0.39, 0.29) is 17.7 Å². The number of hydrogen-bond acceptors (Lipinski definition) is 5. The standard InChI is InChI=1S/C17H19N3O4/c1-11(2)23-17(22)20-12-4-6-13(7-5-12)24-14-8-9-19-15(10-14)16(21)18-3/h4-11H,1-3H3,(H,18,21)(H,20,22). The minimum Gasteiger partial charge on any atom is -0.457 e. The van der Waals surface area contributed by atoms with Crippen molar-refractivity contribution in [2.75, 3.05) is 12.4 Å². The van der Waals surface area contributed by atoms with Gasteiger partial charge in [0.2, 0.25) is 0 Å². The number of carbonyl (C=O) groups is 2. The fraction of sp³-hybridized carbons (Fsp3) is 0.235. The summed E-state index contributed by atoms with van der Waals surface area (Å²) in [4.78, 5) is 27.0. The van der Waals surface area contributed by atoms with Gasteiger partial charge in [-0.05, 0) is 44.2 Å². The molecule has 2 rings (SSSR count). The van der Waals surface area contributed by atoms with Crippen molar-refractivity contribution in [2.45, 2.75) is 20.0 Å². The van der Waals surface area contributed by atoms with Crippen LogP contribution in [0.15, 0.2) is 42.6 Å². The van der Waals surface area contributed by atoms with Gasteiger partial charge in [0.05, 0.1) is 6.10 Å². The summed E-state index contributed by atoms with van der Waals surface area (Å²) in [5.74, 6) is 0.763. The van der Waals surface area contributed by atoms with E-state index in [4.69, 9.17) is 9.47 Å². The quantitative estimate of drug-likeness (QED) is 0.879. The van der Waals surface area contributed by atoms with E-state index in [1.807, 2.05) is 0 Å². The van der Waals surface area contributed by atoms with Gasteiger partial charge in [-0.15, -0.1) is 0 Å². The predicted molar refractivity (Wildman–Crippen MR) is 89.4 cm³/mol. The second-order valence-electron chi connectivity index (χ2n) is 5.16. The first-order chi connectivity index (χ1) is 11.5. The maximum absolute atomic E-state index is 11.6. The zero-order valence-electron chi connectivity index (χ0n) is 13.7. The average Bonchev–Trinajstić information content (AvgIpc) is 2.55. The van der Waals surface area contributed by atoms with Crippen molar-refractivity contribution < 1.29 is 19.1 Å². The number of anilines is 1. The minimum absolute atomic E-state index is 0.186. The molecular weight excluding hydrogens is 310 g/mol. The van der Waals surface area contributed by atoms with Gasteiger partial charge in [-0.3, -0.25) is 15.1 Å². The molecule has 0 bridgehead atoms. The molecule has 2 aromatic rings. The lowest BCUT2D eigenvalue weighted by molar-refractivity contribution is 0.0957. The topological polar surface area (TPSA) is 89.6 Å². The maximum Gasteiger partial charge on any atom is 0.411 e.